The number of likely N-dealkylation sites (tertiary alicyclic amines) is 1. The maximum absolute atomic E-state index is 14.5. The number of amides is 1. The number of fused-ring (bicyclic) bond motifs is 2. The molecule has 7 nitrogen and oxygen atoms in total. The minimum absolute atomic E-state index is 0.0135. The third-order valence-electron chi connectivity index (χ3n) is 5.94. The van der Waals surface area contributed by atoms with Crippen molar-refractivity contribution >= 4 is 34.1 Å². The van der Waals surface area contributed by atoms with Crippen molar-refractivity contribution < 1.29 is 22.4 Å². The molecule has 1 fully saturated rings. The molecule has 0 radical (unpaired) electrons. The Morgan fingerprint density at radius 1 is 1.03 bits per heavy atom. The van der Waals surface area contributed by atoms with Crippen molar-refractivity contribution in [1.82, 2.24) is 29.0 Å². The smallest absolute Gasteiger partial charge is 0.289 e. The Morgan fingerprint density at radius 2 is 1.76 bits per heavy atom. The van der Waals surface area contributed by atoms with Crippen LogP contribution in [0.15, 0.2) is 30.7 Å². The third kappa shape index (κ3) is 3.87. The topological polar surface area (TPSA) is 68.3 Å². The van der Waals surface area contributed by atoms with Crippen LogP contribution in [0.25, 0.3) is 27.9 Å². The Kier molecular flexibility index (Phi) is 5.88. The van der Waals surface area contributed by atoms with Crippen LogP contribution in [0, 0.1) is 5.82 Å². The van der Waals surface area contributed by atoms with Gasteiger partial charge < -0.3 is 4.90 Å². The molecule has 5 heterocycles. The highest BCUT2D eigenvalue weighted by molar-refractivity contribution is 6.31. The fraction of sp³-hybridized carbons (Fsp3) is 0.364. The Bertz CT molecular complexity index is 1380. The molecule has 34 heavy (non-hydrogen) atoms. The lowest BCUT2D eigenvalue weighted by Crippen LogP contribution is -2.32. The standard InChI is InChI=1S/C22H19ClF4N6O/c23-13-7-18-29-10-17(32(18)11-14(13)24)19-12-9-28-15(22(34)31-5-3-1-2-4-6-31)8-16(12)33(30-19)21(27)20(25)26/h7-11,20-21H,1-6H2. The Balaban J connectivity index is 1.65. The van der Waals surface area contributed by atoms with Gasteiger partial charge in [0.2, 0.25) is 0 Å². The van der Waals surface area contributed by atoms with E-state index in [4.69, 9.17) is 11.6 Å². The molecule has 0 spiro atoms. The van der Waals surface area contributed by atoms with Crippen LogP contribution < -0.4 is 0 Å². The van der Waals surface area contributed by atoms with Crippen molar-refractivity contribution in [2.75, 3.05) is 13.1 Å². The van der Waals surface area contributed by atoms with Crippen LogP contribution in [0.1, 0.15) is 42.5 Å². The molecule has 0 N–H and O–H groups in total. The average molecular weight is 495 g/mol. The van der Waals surface area contributed by atoms with Gasteiger partial charge >= 0.3 is 0 Å². The van der Waals surface area contributed by atoms with Crippen LogP contribution in [0.4, 0.5) is 17.6 Å². The van der Waals surface area contributed by atoms with Gasteiger partial charge in [0.15, 0.2) is 5.82 Å². The summed E-state index contributed by atoms with van der Waals surface area (Å²) >= 11 is 5.81. The van der Waals surface area contributed by atoms with Gasteiger partial charge in [0, 0.05) is 36.9 Å². The monoisotopic (exact) mass is 494 g/mol. The first kappa shape index (κ1) is 22.6. The molecule has 1 atom stereocenters. The number of nitrogens with zero attached hydrogens (tertiary/aromatic N) is 6. The highest BCUT2D eigenvalue weighted by Crippen LogP contribution is 2.33. The molecule has 12 heteroatoms. The van der Waals surface area contributed by atoms with E-state index in [2.05, 4.69) is 15.1 Å². The first-order valence-corrected chi connectivity index (χ1v) is 11.1. The summed E-state index contributed by atoms with van der Waals surface area (Å²) in [6, 6.07) is 2.57. The number of hydrogen-bond donors (Lipinski definition) is 0. The number of imidazole rings is 1. The van der Waals surface area contributed by atoms with E-state index in [0.29, 0.717) is 17.8 Å². The number of carbonyl (C=O) groups excluding carboxylic acids is 1. The van der Waals surface area contributed by atoms with Crippen molar-refractivity contribution in [2.45, 2.75) is 38.4 Å². The molecule has 1 amide bonds. The SMILES string of the molecule is O=C(c1cc2c(cn1)c(-c1cnc3cc(Cl)c(F)cn13)nn2C(F)C(F)F)N1CCCCCC1. The highest BCUT2D eigenvalue weighted by atomic mass is 35.5. The van der Waals surface area contributed by atoms with Gasteiger partial charge in [0.1, 0.15) is 17.0 Å². The Labute approximate surface area is 196 Å². The van der Waals surface area contributed by atoms with E-state index in [9.17, 15) is 22.4 Å². The molecule has 4 aromatic heterocycles. The van der Waals surface area contributed by atoms with E-state index in [-0.39, 0.29) is 44.6 Å². The number of hydrogen-bond acceptors (Lipinski definition) is 4. The molecule has 0 bridgehead atoms. The van der Waals surface area contributed by atoms with Crippen molar-refractivity contribution in [2.24, 2.45) is 0 Å². The molecule has 1 aliphatic rings. The quantitative estimate of drug-likeness (QED) is 0.362. The van der Waals surface area contributed by atoms with Gasteiger partial charge in [0.25, 0.3) is 18.6 Å². The minimum Gasteiger partial charge on any atom is -0.337 e. The lowest BCUT2D eigenvalue weighted by molar-refractivity contribution is 0.00356. The van der Waals surface area contributed by atoms with Gasteiger partial charge in [-0.05, 0) is 18.9 Å². The number of aromatic nitrogens is 5. The van der Waals surface area contributed by atoms with Gasteiger partial charge in [-0.3, -0.25) is 14.2 Å². The van der Waals surface area contributed by atoms with E-state index in [1.165, 1.54) is 28.9 Å². The average Bonchev–Trinajstić information content (AvgIpc) is 3.26. The summed E-state index contributed by atoms with van der Waals surface area (Å²) in [6.07, 6.45) is 1.38. The summed E-state index contributed by atoms with van der Waals surface area (Å²) in [5.74, 6) is -1.08. The zero-order valence-corrected chi connectivity index (χ0v) is 18.5. The molecule has 0 saturated carbocycles. The first-order valence-electron chi connectivity index (χ1n) is 10.8. The second-order valence-electron chi connectivity index (χ2n) is 8.13. The molecule has 1 aliphatic heterocycles. The predicted molar refractivity (Wildman–Crippen MR) is 117 cm³/mol. The maximum Gasteiger partial charge on any atom is 0.289 e. The fourth-order valence-corrected chi connectivity index (χ4v) is 4.37. The highest BCUT2D eigenvalue weighted by Gasteiger charge is 2.28. The van der Waals surface area contributed by atoms with Crippen molar-refractivity contribution in [3.8, 4) is 11.4 Å². The normalized spacial score (nSPS) is 15.9. The van der Waals surface area contributed by atoms with Crippen molar-refractivity contribution in [3.05, 3.63) is 47.3 Å². The molecular formula is C22H19ClF4N6O. The lowest BCUT2D eigenvalue weighted by Gasteiger charge is -2.19. The summed E-state index contributed by atoms with van der Waals surface area (Å²) in [7, 11) is 0. The number of rotatable bonds is 4. The van der Waals surface area contributed by atoms with E-state index in [0.717, 1.165) is 31.9 Å². The Hall–Kier alpha value is -3.21. The summed E-state index contributed by atoms with van der Waals surface area (Å²) in [5.41, 5.74) is 0.563. The van der Waals surface area contributed by atoms with Crippen LogP contribution in [-0.2, 0) is 0 Å². The van der Waals surface area contributed by atoms with Gasteiger partial charge in [0.05, 0.1) is 22.4 Å². The predicted octanol–water partition coefficient (Wildman–Crippen LogP) is 5.29. The van der Waals surface area contributed by atoms with E-state index in [1.54, 1.807) is 4.90 Å². The molecule has 1 saturated heterocycles. The first-order chi connectivity index (χ1) is 16.3. The fourth-order valence-electron chi connectivity index (χ4n) is 4.22. The molecule has 5 rings (SSSR count). The van der Waals surface area contributed by atoms with E-state index < -0.39 is 18.5 Å². The van der Waals surface area contributed by atoms with Crippen LogP contribution in [-0.4, -0.2) is 54.5 Å². The largest absolute Gasteiger partial charge is 0.337 e. The van der Waals surface area contributed by atoms with E-state index in [1.807, 2.05) is 0 Å². The van der Waals surface area contributed by atoms with E-state index >= 15 is 0 Å². The second kappa shape index (κ2) is 8.86. The molecule has 0 aliphatic carbocycles. The van der Waals surface area contributed by atoms with Crippen molar-refractivity contribution in [1.29, 1.82) is 0 Å². The van der Waals surface area contributed by atoms with Gasteiger partial charge in [-0.15, -0.1) is 0 Å². The third-order valence-corrected chi connectivity index (χ3v) is 6.23. The van der Waals surface area contributed by atoms with Crippen molar-refractivity contribution in [3.63, 3.8) is 0 Å². The molecule has 1 unspecified atom stereocenters. The maximum atomic E-state index is 14.5. The zero-order valence-electron chi connectivity index (χ0n) is 17.8. The van der Waals surface area contributed by atoms with Crippen LogP contribution in [0.3, 0.4) is 0 Å². The molecular weight excluding hydrogens is 476 g/mol. The van der Waals surface area contributed by atoms with Gasteiger partial charge in [-0.1, -0.05) is 24.4 Å². The number of carbonyl (C=O) groups is 1. The van der Waals surface area contributed by atoms with Crippen LogP contribution >= 0.6 is 11.6 Å². The summed E-state index contributed by atoms with van der Waals surface area (Å²) in [6.45, 7) is 1.14. The number of pyridine rings is 2. The van der Waals surface area contributed by atoms with Gasteiger partial charge in [-0.2, -0.15) is 5.10 Å². The molecule has 178 valence electrons. The summed E-state index contributed by atoms with van der Waals surface area (Å²) < 4.78 is 57.2. The Morgan fingerprint density at radius 3 is 2.47 bits per heavy atom. The number of alkyl halides is 3. The van der Waals surface area contributed by atoms with Gasteiger partial charge in [-0.25, -0.2) is 27.2 Å². The van der Waals surface area contributed by atoms with Crippen LogP contribution in [0.2, 0.25) is 5.02 Å². The minimum atomic E-state index is -3.35. The van der Waals surface area contributed by atoms with Crippen LogP contribution in [0.5, 0.6) is 0 Å². The zero-order chi connectivity index (χ0) is 24.0. The summed E-state index contributed by atoms with van der Waals surface area (Å²) in [5, 5.41) is 4.14. The molecule has 0 aromatic carbocycles. The number of halogens is 5. The second-order valence-corrected chi connectivity index (χ2v) is 8.54. The molecule has 4 aromatic rings. The lowest BCUT2D eigenvalue weighted by atomic mass is 10.2. The summed E-state index contributed by atoms with van der Waals surface area (Å²) in [4.78, 5) is 23.1.